The number of pyridine rings is 2. The number of hydrogen-bond acceptors (Lipinski definition) is 5. The number of aromatic nitrogens is 6. The molecular weight excluding hydrogens is 380 g/mol. The molecule has 6 aromatic rings. The maximum atomic E-state index is 4.85. The molecule has 0 saturated carbocycles. The van der Waals surface area contributed by atoms with Crippen LogP contribution in [0.25, 0.3) is 55.3 Å². The number of imidazole rings is 1. The van der Waals surface area contributed by atoms with Crippen LogP contribution in [-0.2, 0) is 0 Å². The van der Waals surface area contributed by atoms with Crippen molar-refractivity contribution in [3.63, 3.8) is 0 Å². The fourth-order valence-electron chi connectivity index (χ4n) is 3.54. The molecule has 0 unspecified atom stereocenters. The molecule has 0 aliphatic carbocycles. The van der Waals surface area contributed by atoms with E-state index in [-0.39, 0.29) is 0 Å². The second kappa shape index (κ2) is 6.35. The first-order chi connectivity index (χ1) is 14.4. The van der Waals surface area contributed by atoms with Crippen LogP contribution in [0.15, 0.2) is 72.4 Å². The normalized spacial score (nSPS) is 11.4. The molecule has 29 heavy (non-hydrogen) atoms. The van der Waals surface area contributed by atoms with Gasteiger partial charge in [0.1, 0.15) is 11.2 Å². The van der Waals surface area contributed by atoms with Gasteiger partial charge in [0, 0.05) is 33.8 Å². The first-order valence-electron chi connectivity index (χ1n) is 9.15. The number of hydrogen-bond donors (Lipinski definition) is 2. The van der Waals surface area contributed by atoms with E-state index in [0.29, 0.717) is 5.82 Å². The molecule has 0 saturated heterocycles. The molecule has 1 aromatic carbocycles. The monoisotopic (exact) mass is 394 g/mol. The first kappa shape index (κ1) is 16.1. The molecule has 138 valence electrons. The Morgan fingerprint density at radius 2 is 1.90 bits per heavy atom. The Hall–Kier alpha value is -3.84. The van der Waals surface area contributed by atoms with Gasteiger partial charge in [-0.15, -0.1) is 11.3 Å². The minimum atomic E-state index is 0.695. The quantitative estimate of drug-likeness (QED) is 0.427. The summed E-state index contributed by atoms with van der Waals surface area (Å²) in [7, 11) is 0. The summed E-state index contributed by atoms with van der Waals surface area (Å²) in [6.45, 7) is 0. The van der Waals surface area contributed by atoms with Crippen molar-refractivity contribution >= 4 is 33.4 Å². The number of nitrogens with zero attached hydrogens (tertiary/aromatic N) is 4. The first-order valence-corrected chi connectivity index (χ1v) is 10.0. The number of nitrogens with one attached hydrogen (secondary N) is 2. The van der Waals surface area contributed by atoms with Crippen molar-refractivity contribution in [2.75, 3.05) is 0 Å². The smallest absolute Gasteiger partial charge is 0.160 e. The van der Waals surface area contributed by atoms with Crippen molar-refractivity contribution in [1.82, 2.24) is 30.1 Å². The van der Waals surface area contributed by atoms with Crippen molar-refractivity contribution in [1.29, 1.82) is 0 Å². The number of H-pyrrole nitrogens is 2. The molecule has 0 spiro atoms. The average Bonchev–Trinajstić information content (AvgIpc) is 3.52. The Balaban J connectivity index is 1.53. The Bertz CT molecular complexity index is 1450. The van der Waals surface area contributed by atoms with Gasteiger partial charge >= 0.3 is 0 Å². The molecule has 0 aliphatic rings. The van der Waals surface area contributed by atoms with E-state index >= 15 is 0 Å². The molecule has 0 radical (unpaired) electrons. The van der Waals surface area contributed by atoms with Crippen LogP contribution in [0.5, 0.6) is 0 Å². The molecular formula is C22H14N6S. The highest BCUT2D eigenvalue weighted by atomic mass is 32.1. The van der Waals surface area contributed by atoms with Gasteiger partial charge in [-0.3, -0.25) is 10.1 Å². The third-order valence-electron chi connectivity index (χ3n) is 4.92. The molecule has 0 amide bonds. The van der Waals surface area contributed by atoms with Crippen LogP contribution >= 0.6 is 11.3 Å². The lowest BCUT2D eigenvalue weighted by Crippen LogP contribution is -1.84. The van der Waals surface area contributed by atoms with E-state index in [0.717, 1.165) is 44.6 Å². The molecule has 0 fully saturated rings. The van der Waals surface area contributed by atoms with E-state index in [1.54, 1.807) is 23.7 Å². The molecule has 7 heteroatoms. The molecule has 5 aromatic heterocycles. The van der Waals surface area contributed by atoms with Crippen molar-refractivity contribution in [3.05, 3.63) is 72.4 Å². The Morgan fingerprint density at radius 3 is 2.76 bits per heavy atom. The highest BCUT2D eigenvalue weighted by Gasteiger charge is 2.16. The van der Waals surface area contributed by atoms with Crippen molar-refractivity contribution < 1.29 is 0 Å². The lowest BCUT2D eigenvalue weighted by atomic mass is 10.1. The van der Waals surface area contributed by atoms with Gasteiger partial charge in [-0.25, -0.2) is 9.97 Å². The summed E-state index contributed by atoms with van der Waals surface area (Å²) >= 11 is 1.69. The molecule has 0 aliphatic heterocycles. The maximum absolute atomic E-state index is 4.85. The summed E-state index contributed by atoms with van der Waals surface area (Å²) in [5.74, 6) is 0.695. The van der Waals surface area contributed by atoms with Gasteiger partial charge in [0.15, 0.2) is 11.5 Å². The zero-order valence-corrected chi connectivity index (χ0v) is 15.9. The lowest BCUT2D eigenvalue weighted by molar-refractivity contribution is 1.10. The molecule has 0 bridgehead atoms. The minimum absolute atomic E-state index is 0.695. The highest BCUT2D eigenvalue weighted by molar-refractivity contribution is 7.13. The molecule has 0 atom stereocenters. The summed E-state index contributed by atoms with van der Waals surface area (Å²) in [6, 6.07) is 18.2. The molecule has 2 N–H and O–H groups in total. The maximum Gasteiger partial charge on any atom is 0.160 e. The van der Waals surface area contributed by atoms with E-state index < -0.39 is 0 Å². The predicted octanol–water partition coefficient (Wildman–Crippen LogP) is 5.29. The van der Waals surface area contributed by atoms with E-state index in [2.05, 4.69) is 42.7 Å². The van der Waals surface area contributed by atoms with Crippen LogP contribution in [0.2, 0.25) is 0 Å². The molecule has 6 rings (SSSR count). The summed E-state index contributed by atoms with van der Waals surface area (Å²) in [4.78, 5) is 18.3. The van der Waals surface area contributed by atoms with Gasteiger partial charge in [0.2, 0.25) is 0 Å². The van der Waals surface area contributed by atoms with E-state index in [4.69, 9.17) is 4.98 Å². The Labute approximate surface area is 169 Å². The number of benzene rings is 1. The zero-order valence-electron chi connectivity index (χ0n) is 15.1. The average molecular weight is 394 g/mol. The van der Waals surface area contributed by atoms with Crippen molar-refractivity contribution in [2.24, 2.45) is 0 Å². The van der Waals surface area contributed by atoms with Gasteiger partial charge in [-0.1, -0.05) is 18.2 Å². The molecule has 6 nitrogen and oxygen atoms in total. The number of thiophene rings is 1. The summed E-state index contributed by atoms with van der Waals surface area (Å²) in [5, 5.41) is 10.7. The fourth-order valence-corrected chi connectivity index (χ4v) is 4.29. The zero-order chi connectivity index (χ0) is 19.2. The number of fused-ring (bicyclic) bond motifs is 2. The van der Waals surface area contributed by atoms with Gasteiger partial charge in [-0.2, -0.15) is 5.10 Å². The Morgan fingerprint density at radius 1 is 0.897 bits per heavy atom. The lowest BCUT2D eigenvalue weighted by Gasteiger charge is -2.01. The summed E-state index contributed by atoms with van der Waals surface area (Å²) in [6.07, 6.45) is 3.61. The van der Waals surface area contributed by atoms with Gasteiger partial charge in [0.25, 0.3) is 0 Å². The van der Waals surface area contributed by atoms with Crippen LogP contribution in [-0.4, -0.2) is 30.1 Å². The molecule has 5 heterocycles. The van der Waals surface area contributed by atoms with E-state index in [1.807, 2.05) is 42.5 Å². The third-order valence-corrected chi connectivity index (χ3v) is 5.82. The van der Waals surface area contributed by atoms with Crippen molar-refractivity contribution in [3.8, 4) is 33.2 Å². The van der Waals surface area contributed by atoms with Crippen LogP contribution in [0.3, 0.4) is 0 Å². The second-order valence-electron chi connectivity index (χ2n) is 6.67. The van der Waals surface area contributed by atoms with Crippen LogP contribution in [0, 0.1) is 0 Å². The SMILES string of the molecule is c1ccc(-c2ccc3[nH]nc(-c4nc5c(-c6cccs6)ccnc5[nH]4)c3c2)nc1. The van der Waals surface area contributed by atoms with Crippen LogP contribution < -0.4 is 0 Å². The number of rotatable bonds is 3. The minimum Gasteiger partial charge on any atom is -0.321 e. The Kier molecular flexibility index (Phi) is 3.54. The largest absolute Gasteiger partial charge is 0.321 e. The van der Waals surface area contributed by atoms with E-state index in [1.165, 1.54) is 4.88 Å². The second-order valence-corrected chi connectivity index (χ2v) is 7.61. The predicted molar refractivity (Wildman–Crippen MR) is 116 cm³/mol. The van der Waals surface area contributed by atoms with Gasteiger partial charge < -0.3 is 4.98 Å². The van der Waals surface area contributed by atoms with Crippen molar-refractivity contribution in [2.45, 2.75) is 0 Å². The highest BCUT2D eigenvalue weighted by Crippen LogP contribution is 2.33. The number of aromatic amines is 2. The van der Waals surface area contributed by atoms with Crippen LogP contribution in [0.4, 0.5) is 0 Å². The fraction of sp³-hybridized carbons (Fsp3) is 0. The van der Waals surface area contributed by atoms with Gasteiger partial charge in [-0.05, 0) is 41.8 Å². The van der Waals surface area contributed by atoms with E-state index in [9.17, 15) is 0 Å². The topological polar surface area (TPSA) is 83.1 Å². The third kappa shape index (κ3) is 2.63. The summed E-state index contributed by atoms with van der Waals surface area (Å²) < 4.78 is 0. The van der Waals surface area contributed by atoms with Crippen LogP contribution in [0.1, 0.15) is 0 Å². The summed E-state index contributed by atoms with van der Waals surface area (Å²) in [5.41, 5.74) is 6.35. The standard InChI is InChI=1S/C22H14N6S/c1-2-9-23-16(4-1)13-6-7-17-15(12-13)20(28-27-17)22-25-19-14(18-5-3-11-29-18)8-10-24-21(19)26-22/h1-12H,(H,27,28)(H,24,25,26). The van der Waals surface area contributed by atoms with Gasteiger partial charge in [0.05, 0.1) is 11.2 Å².